The van der Waals surface area contributed by atoms with E-state index in [-0.39, 0.29) is 35.5 Å². The summed E-state index contributed by atoms with van der Waals surface area (Å²) in [6.07, 6.45) is 2.63. The van der Waals surface area contributed by atoms with Crippen LogP contribution in [0.1, 0.15) is 58.6 Å². The molecule has 1 aliphatic heterocycles. The molecule has 0 aliphatic carbocycles. The molecule has 0 amide bonds. The van der Waals surface area contributed by atoms with Crippen LogP contribution in [0, 0.1) is 11.3 Å². The van der Waals surface area contributed by atoms with Crippen LogP contribution in [-0.2, 0) is 22.6 Å². The van der Waals surface area contributed by atoms with Crippen LogP contribution < -0.4 is 10.6 Å². The van der Waals surface area contributed by atoms with Crippen molar-refractivity contribution in [2.24, 2.45) is 16.3 Å². The van der Waals surface area contributed by atoms with Crippen molar-refractivity contribution in [3.05, 3.63) is 35.4 Å². The maximum atomic E-state index is 6.11. The van der Waals surface area contributed by atoms with E-state index >= 15 is 0 Å². The van der Waals surface area contributed by atoms with Crippen molar-refractivity contribution in [1.82, 2.24) is 10.6 Å². The van der Waals surface area contributed by atoms with Gasteiger partial charge in [0.25, 0.3) is 0 Å². The maximum Gasteiger partial charge on any atom is 0.191 e. The summed E-state index contributed by atoms with van der Waals surface area (Å²) in [4.78, 5) is 4.77. The highest BCUT2D eigenvalue weighted by molar-refractivity contribution is 14.0. The summed E-state index contributed by atoms with van der Waals surface area (Å²) >= 11 is 0. The number of hydrogen-bond donors (Lipinski definition) is 2. The number of nitrogens with zero attached hydrogens (tertiary/aromatic N) is 1. The average molecular weight is 517 g/mol. The van der Waals surface area contributed by atoms with Crippen LogP contribution >= 0.6 is 24.0 Å². The van der Waals surface area contributed by atoms with Gasteiger partial charge in [0.2, 0.25) is 0 Å². The zero-order chi connectivity index (χ0) is 20.4. The van der Waals surface area contributed by atoms with Gasteiger partial charge in [-0.05, 0) is 43.2 Å². The molecule has 2 rings (SSSR count). The summed E-state index contributed by atoms with van der Waals surface area (Å²) in [6.45, 7) is 15.6. The Bertz CT molecular complexity index is 599. The van der Waals surface area contributed by atoms with Crippen molar-refractivity contribution < 1.29 is 9.47 Å². The highest BCUT2D eigenvalue weighted by atomic mass is 127. The first-order chi connectivity index (χ1) is 13.4. The zero-order valence-corrected chi connectivity index (χ0v) is 21.1. The van der Waals surface area contributed by atoms with Gasteiger partial charge < -0.3 is 20.1 Å². The minimum absolute atomic E-state index is 0. The minimum Gasteiger partial charge on any atom is -0.377 e. The summed E-state index contributed by atoms with van der Waals surface area (Å²) in [7, 11) is 0. The third-order valence-electron chi connectivity index (χ3n) is 5.09. The van der Waals surface area contributed by atoms with Crippen molar-refractivity contribution in [3.8, 4) is 0 Å². The lowest BCUT2D eigenvalue weighted by Gasteiger charge is -2.40. The minimum atomic E-state index is 0. The SMILES string of the molecule is CCNC(=NCc1ccc(COCC)cc1)NCC1CCCOC1C(C)(C)C.I. The molecule has 2 N–H and O–H groups in total. The van der Waals surface area contributed by atoms with Crippen molar-refractivity contribution in [3.63, 3.8) is 0 Å². The molecule has 166 valence electrons. The van der Waals surface area contributed by atoms with Crippen LogP contribution in [0.15, 0.2) is 29.3 Å². The van der Waals surface area contributed by atoms with Gasteiger partial charge in [0.15, 0.2) is 5.96 Å². The molecule has 1 aliphatic rings. The Balaban J connectivity index is 0.00000420. The summed E-state index contributed by atoms with van der Waals surface area (Å²) in [5, 5.41) is 6.90. The summed E-state index contributed by atoms with van der Waals surface area (Å²) < 4.78 is 11.6. The number of guanidine groups is 1. The predicted octanol–water partition coefficient (Wildman–Crippen LogP) is 4.74. The molecule has 6 heteroatoms. The Kier molecular flexibility index (Phi) is 12.1. The fourth-order valence-corrected chi connectivity index (χ4v) is 3.71. The quantitative estimate of drug-likeness (QED) is 0.297. The van der Waals surface area contributed by atoms with Gasteiger partial charge in [0.1, 0.15) is 0 Å². The van der Waals surface area contributed by atoms with Gasteiger partial charge in [-0.25, -0.2) is 4.99 Å². The topological polar surface area (TPSA) is 54.9 Å². The molecule has 1 aromatic carbocycles. The molecule has 0 bridgehead atoms. The first kappa shape index (κ1) is 26.2. The first-order valence-corrected chi connectivity index (χ1v) is 10.7. The zero-order valence-electron chi connectivity index (χ0n) is 18.8. The third-order valence-corrected chi connectivity index (χ3v) is 5.09. The van der Waals surface area contributed by atoms with E-state index in [1.165, 1.54) is 17.5 Å². The Morgan fingerprint density at radius 1 is 1.14 bits per heavy atom. The van der Waals surface area contributed by atoms with E-state index in [0.717, 1.165) is 38.7 Å². The summed E-state index contributed by atoms with van der Waals surface area (Å²) in [5.41, 5.74) is 2.56. The standard InChI is InChI=1S/C23H39N3O2.HI/c1-6-24-22(25-15-18-10-12-19(13-11-18)17-27-7-2)26-16-20-9-8-14-28-21(20)23(3,4)5;/h10-13,20-21H,6-9,14-17H2,1-5H3,(H2,24,25,26);1H. The highest BCUT2D eigenvalue weighted by Gasteiger charge is 2.35. The summed E-state index contributed by atoms with van der Waals surface area (Å²) in [6, 6.07) is 8.50. The van der Waals surface area contributed by atoms with E-state index in [4.69, 9.17) is 14.5 Å². The second-order valence-corrected chi connectivity index (χ2v) is 8.59. The fourth-order valence-electron chi connectivity index (χ4n) is 3.71. The Hall–Kier alpha value is -0.860. The lowest BCUT2D eigenvalue weighted by atomic mass is 9.78. The van der Waals surface area contributed by atoms with Gasteiger partial charge in [0, 0.05) is 32.2 Å². The number of halogens is 1. The number of rotatable bonds is 8. The third kappa shape index (κ3) is 9.22. The molecular formula is C23H40IN3O2. The molecule has 1 heterocycles. The second kappa shape index (κ2) is 13.4. The van der Waals surface area contributed by atoms with E-state index in [1.807, 2.05) is 6.92 Å². The van der Waals surface area contributed by atoms with E-state index in [9.17, 15) is 0 Å². The van der Waals surface area contributed by atoms with Gasteiger partial charge in [-0.3, -0.25) is 0 Å². The lowest BCUT2D eigenvalue weighted by molar-refractivity contribution is -0.0835. The largest absolute Gasteiger partial charge is 0.377 e. The molecule has 0 aromatic heterocycles. The fraction of sp³-hybridized carbons (Fsp3) is 0.696. The Labute approximate surface area is 194 Å². The lowest BCUT2D eigenvalue weighted by Crippen LogP contribution is -2.47. The molecule has 1 fully saturated rings. The van der Waals surface area contributed by atoms with Crippen LogP contribution in [0.25, 0.3) is 0 Å². The smallest absolute Gasteiger partial charge is 0.191 e. The monoisotopic (exact) mass is 517 g/mol. The van der Waals surface area contributed by atoms with Gasteiger partial charge in [-0.2, -0.15) is 0 Å². The number of hydrogen-bond acceptors (Lipinski definition) is 3. The second-order valence-electron chi connectivity index (χ2n) is 8.59. The van der Waals surface area contributed by atoms with Crippen molar-refractivity contribution >= 4 is 29.9 Å². The average Bonchev–Trinajstić information content (AvgIpc) is 2.69. The molecule has 1 aromatic rings. The van der Waals surface area contributed by atoms with Crippen LogP contribution in [0.5, 0.6) is 0 Å². The van der Waals surface area contributed by atoms with Crippen molar-refractivity contribution in [1.29, 1.82) is 0 Å². The van der Waals surface area contributed by atoms with Gasteiger partial charge >= 0.3 is 0 Å². The number of aliphatic imine (C=N–C) groups is 1. The van der Waals surface area contributed by atoms with Gasteiger partial charge in [-0.15, -0.1) is 24.0 Å². The van der Waals surface area contributed by atoms with Crippen LogP contribution in [0.2, 0.25) is 0 Å². The molecule has 0 radical (unpaired) electrons. The van der Waals surface area contributed by atoms with Gasteiger partial charge in [-0.1, -0.05) is 45.0 Å². The van der Waals surface area contributed by atoms with Crippen LogP contribution in [0.4, 0.5) is 0 Å². The molecule has 0 spiro atoms. The Morgan fingerprint density at radius 2 is 1.83 bits per heavy atom. The Morgan fingerprint density at radius 3 is 2.45 bits per heavy atom. The van der Waals surface area contributed by atoms with E-state index in [0.29, 0.717) is 19.1 Å². The van der Waals surface area contributed by atoms with Crippen LogP contribution in [-0.4, -0.2) is 38.4 Å². The van der Waals surface area contributed by atoms with E-state index in [1.54, 1.807) is 0 Å². The molecule has 2 unspecified atom stereocenters. The molecule has 29 heavy (non-hydrogen) atoms. The highest BCUT2D eigenvalue weighted by Crippen LogP contribution is 2.33. The normalized spacial score (nSPS) is 20.1. The number of ether oxygens (including phenoxy) is 2. The van der Waals surface area contributed by atoms with Crippen LogP contribution in [0.3, 0.4) is 0 Å². The maximum absolute atomic E-state index is 6.11. The van der Waals surface area contributed by atoms with E-state index in [2.05, 4.69) is 62.6 Å². The number of benzene rings is 1. The molecule has 1 saturated heterocycles. The van der Waals surface area contributed by atoms with Crippen molar-refractivity contribution in [2.45, 2.75) is 66.7 Å². The molecule has 5 nitrogen and oxygen atoms in total. The summed E-state index contributed by atoms with van der Waals surface area (Å²) in [5.74, 6) is 1.38. The van der Waals surface area contributed by atoms with E-state index < -0.39 is 0 Å². The molecule has 0 saturated carbocycles. The van der Waals surface area contributed by atoms with Gasteiger partial charge in [0.05, 0.1) is 19.3 Å². The molecule has 2 atom stereocenters. The first-order valence-electron chi connectivity index (χ1n) is 10.7. The number of nitrogens with one attached hydrogen (secondary N) is 2. The molecular weight excluding hydrogens is 477 g/mol. The predicted molar refractivity (Wildman–Crippen MR) is 132 cm³/mol. The van der Waals surface area contributed by atoms with Crippen molar-refractivity contribution in [2.75, 3.05) is 26.3 Å².